The van der Waals surface area contributed by atoms with Crippen LogP contribution in [0.3, 0.4) is 0 Å². The van der Waals surface area contributed by atoms with Crippen molar-refractivity contribution in [3.8, 4) is 11.8 Å². The number of aryl methyl sites for hydroxylation is 1. The van der Waals surface area contributed by atoms with Gasteiger partial charge in [0, 0.05) is 39.8 Å². The Morgan fingerprint density at radius 2 is 1.81 bits per heavy atom. The number of carboxylic acid groups (broad SMARTS) is 1. The Hall–Kier alpha value is -3.27. The molecule has 0 radical (unpaired) electrons. The van der Waals surface area contributed by atoms with Gasteiger partial charge in [-0.3, -0.25) is 18.5 Å². The maximum atomic E-state index is 12.8. The van der Waals surface area contributed by atoms with E-state index in [0.717, 1.165) is 26.2 Å². The van der Waals surface area contributed by atoms with Gasteiger partial charge in [0.1, 0.15) is 0 Å². The largest absolute Gasteiger partial charge is 0.490 e. The number of fused-ring (bicyclic) bond motifs is 1. The summed E-state index contributed by atoms with van der Waals surface area (Å²) in [4.78, 5) is 40.9. The summed E-state index contributed by atoms with van der Waals surface area (Å²) in [6.45, 7) is 7.60. The maximum Gasteiger partial charge on any atom is 0.490 e. The molecule has 2 N–H and O–H groups in total. The highest BCUT2D eigenvalue weighted by Crippen LogP contribution is 2.19. The smallest absolute Gasteiger partial charge is 0.475 e. The molecule has 0 bridgehead atoms. The predicted octanol–water partition coefficient (Wildman–Crippen LogP) is -0.0172. The lowest BCUT2D eigenvalue weighted by Crippen LogP contribution is -2.44. The molecule has 0 amide bonds. The van der Waals surface area contributed by atoms with Gasteiger partial charge in [0.05, 0.1) is 6.54 Å². The lowest BCUT2D eigenvalue weighted by molar-refractivity contribution is -0.192. The highest BCUT2D eigenvalue weighted by atomic mass is 19.4. The number of aliphatic carboxylic acids is 1. The van der Waals surface area contributed by atoms with Gasteiger partial charge in [0.25, 0.3) is 5.56 Å². The number of halogens is 3. The third-order valence-electron chi connectivity index (χ3n) is 4.58. The number of nitrogens with one attached hydrogen (secondary N) is 1. The molecule has 10 nitrogen and oxygen atoms in total. The van der Waals surface area contributed by atoms with E-state index in [0.29, 0.717) is 30.2 Å². The topological polar surface area (TPSA) is 114 Å². The zero-order valence-electron chi connectivity index (χ0n) is 17.3. The molecule has 3 heterocycles. The van der Waals surface area contributed by atoms with Crippen LogP contribution in [0.5, 0.6) is 0 Å². The van der Waals surface area contributed by atoms with Gasteiger partial charge in [0.15, 0.2) is 11.2 Å². The van der Waals surface area contributed by atoms with Crippen molar-refractivity contribution in [2.24, 2.45) is 7.05 Å². The van der Waals surface area contributed by atoms with Crippen LogP contribution in [0.25, 0.3) is 11.2 Å². The second-order valence-corrected chi connectivity index (χ2v) is 6.53. The standard InChI is InChI=1S/C16H22N6O2.C2HF3O2/c1-4-6-9-22-12-13(18-15(22)20-10-7-17-8-11-20)19(3)16(24)21(5-2)14(12)23;3-2(4,5)1(6)7/h17H,5,7-11H2,1-3H3;(H,6,7). The number of piperazine rings is 1. The fraction of sp³-hybridized carbons (Fsp3) is 0.556. The van der Waals surface area contributed by atoms with Crippen molar-refractivity contribution in [2.45, 2.75) is 33.1 Å². The van der Waals surface area contributed by atoms with Gasteiger partial charge in [-0.15, -0.1) is 5.92 Å². The van der Waals surface area contributed by atoms with Gasteiger partial charge < -0.3 is 15.3 Å². The Morgan fingerprint density at radius 1 is 1.23 bits per heavy atom. The van der Waals surface area contributed by atoms with Crippen molar-refractivity contribution >= 4 is 23.1 Å². The maximum absolute atomic E-state index is 12.8. The molecule has 2 aromatic heterocycles. The zero-order valence-corrected chi connectivity index (χ0v) is 17.3. The average Bonchev–Trinajstić information content (AvgIpc) is 3.11. The Labute approximate surface area is 174 Å². The minimum Gasteiger partial charge on any atom is -0.475 e. The predicted molar refractivity (Wildman–Crippen MR) is 107 cm³/mol. The number of alkyl halides is 3. The average molecular weight is 444 g/mol. The minimum absolute atomic E-state index is 0.303. The van der Waals surface area contributed by atoms with Crippen molar-refractivity contribution < 1.29 is 23.1 Å². The molecule has 13 heteroatoms. The van der Waals surface area contributed by atoms with Gasteiger partial charge in [-0.1, -0.05) is 5.92 Å². The summed E-state index contributed by atoms with van der Waals surface area (Å²) in [6, 6.07) is 0. The summed E-state index contributed by atoms with van der Waals surface area (Å²) >= 11 is 0. The number of anilines is 1. The molecule has 1 aliphatic heterocycles. The Balaban J connectivity index is 0.000000423. The first-order valence-corrected chi connectivity index (χ1v) is 9.40. The molecule has 0 saturated carbocycles. The first kappa shape index (κ1) is 24.0. The number of carboxylic acids is 1. The molecule has 170 valence electrons. The highest BCUT2D eigenvalue weighted by Gasteiger charge is 2.38. The normalized spacial score (nSPS) is 13.9. The molecule has 31 heavy (non-hydrogen) atoms. The Morgan fingerprint density at radius 3 is 2.29 bits per heavy atom. The van der Waals surface area contributed by atoms with Crippen LogP contribution in [0.2, 0.25) is 0 Å². The fourth-order valence-electron chi connectivity index (χ4n) is 3.05. The lowest BCUT2D eigenvalue weighted by atomic mass is 10.4. The minimum atomic E-state index is -5.08. The SMILES string of the molecule is CC#CCn1c(N2CCNCC2)nc2c1c(=O)n(CC)c(=O)n2C.O=C(O)C(F)(F)F. The molecular formula is C18H23F3N6O4. The molecule has 0 unspecified atom stereocenters. The number of hydrogen-bond donors (Lipinski definition) is 2. The van der Waals surface area contributed by atoms with Crippen LogP contribution in [-0.4, -0.2) is 62.1 Å². The van der Waals surface area contributed by atoms with Crippen LogP contribution in [0.1, 0.15) is 13.8 Å². The third kappa shape index (κ3) is 5.08. The number of rotatable bonds is 3. The Bertz CT molecular complexity index is 1130. The molecule has 1 fully saturated rings. The summed E-state index contributed by atoms with van der Waals surface area (Å²) in [5.41, 5.74) is 0.215. The van der Waals surface area contributed by atoms with Gasteiger partial charge >= 0.3 is 17.8 Å². The van der Waals surface area contributed by atoms with Gasteiger partial charge in [-0.2, -0.15) is 18.2 Å². The van der Waals surface area contributed by atoms with E-state index in [2.05, 4.69) is 27.0 Å². The van der Waals surface area contributed by atoms with E-state index in [1.54, 1.807) is 20.9 Å². The van der Waals surface area contributed by atoms with Crippen molar-refractivity contribution in [2.75, 3.05) is 31.1 Å². The fourth-order valence-corrected chi connectivity index (χ4v) is 3.05. The van der Waals surface area contributed by atoms with Crippen LogP contribution >= 0.6 is 0 Å². The third-order valence-corrected chi connectivity index (χ3v) is 4.58. The molecule has 0 spiro atoms. The van der Waals surface area contributed by atoms with E-state index in [1.165, 1.54) is 9.13 Å². The molecule has 1 saturated heterocycles. The van der Waals surface area contributed by atoms with Crippen molar-refractivity contribution in [3.63, 3.8) is 0 Å². The summed E-state index contributed by atoms with van der Waals surface area (Å²) in [6.07, 6.45) is -5.08. The summed E-state index contributed by atoms with van der Waals surface area (Å²) in [5.74, 6) is 3.83. The van der Waals surface area contributed by atoms with E-state index in [1.807, 2.05) is 4.57 Å². The number of nitrogens with zero attached hydrogens (tertiary/aromatic N) is 5. The van der Waals surface area contributed by atoms with Crippen LogP contribution < -0.4 is 21.5 Å². The van der Waals surface area contributed by atoms with E-state index >= 15 is 0 Å². The second-order valence-electron chi connectivity index (χ2n) is 6.53. The first-order valence-electron chi connectivity index (χ1n) is 9.40. The molecule has 3 rings (SSSR count). The molecule has 0 aromatic carbocycles. The van der Waals surface area contributed by atoms with Gasteiger partial charge in [-0.05, 0) is 13.8 Å². The zero-order chi connectivity index (χ0) is 23.3. The number of imidazole rings is 1. The van der Waals surface area contributed by atoms with E-state index in [4.69, 9.17) is 9.90 Å². The molecule has 1 aliphatic rings. The van der Waals surface area contributed by atoms with Crippen LogP contribution in [0, 0.1) is 11.8 Å². The lowest BCUT2D eigenvalue weighted by Gasteiger charge is -2.28. The summed E-state index contributed by atoms with van der Waals surface area (Å²) < 4.78 is 36.3. The summed E-state index contributed by atoms with van der Waals surface area (Å²) in [7, 11) is 1.65. The van der Waals surface area contributed by atoms with Crippen LogP contribution in [0.4, 0.5) is 19.1 Å². The van der Waals surface area contributed by atoms with Crippen LogP contribution in [0.15, 0.2) is 9.59 Å². The van der Waals surface area contributed by atoms with E-state index in [-0.39, 0.29) is 11.2 Å². The number of carbonyl (C=O) groups is 1. The Kier molecular flexibility index (Phi) is 7.50. The molecule has 0 atom stereocenters. The van der Waals surface area contributed by atoms with Gasteiger partial charge in [-0.25, -0.2) is 9.59 Å². The molecule has 0 aliphatic carbocycles. The van der Waals surface area contributed by atoms with Crippen molar-refractivity contribution in [1.29, 1.82) is 0 Å². The van der Waals surface area contributed by atoms with Crippen molar-refractivity contribution in [1.82, 2.24) is 24.0 Å². The van der Waals surface area contributed by atoms with E-state index in [9.17, 15) is 22.8 Å². The molecule has 2 aromatic rings. The number of hydrogen-bond acceptors (Lipinski definition) is 6. The molecular weight excluding hydrogens is 421 g/mol. The quantitative estimate of drug-likeness (QED) is 0.640. The van der Waals surface area contributed by atoms with Crippen LogP contribution in [-0.2, 0) is 24.9 Å². The highest BCUT2D eigenvalue weighted by molar-refractivity contribution is 5.75. The number of aromatic nitrogens is 4. The first-order chi connectivity index (χ1) is 14.5. The monoisotopic (exact) mass is 444 g/mol. The van der Waals surface area contributed by atoms with Crippen molar-refractivity contribution in [3.05, 3.63) is 20.8 Å². The summed E-state index contributed by atoms with van der Waals surface area (Å²) in [5, 5.41) is 10.4. The second kappa shape index (κ2) is 9.69. The van der Waals surface area contributed by atoms with Gasteiger partial charge in [0.2, 0.25) is 5.95 Å². The van der Waals surface area contributed by atoms with E-state index < -0.39 is 12.1 Å².